The Bertz CT molecular complexity index is 524. The number of nitrogens with one attached hydrogen (secondary N) is 1. The van der Waals surface area contributed by atoms with Gasteiger partial charge in [-0.3, -0.25) is 4.68 Å². The molecule has 106 valence electrons. The van der Waals surface area contributed by atoms with Crippen LogP contribution in [0.3, 0.4) is 0 Å². The third kappa shape index (κ3) is 3.03. The van der Waals surface area contributed by atoms with Gasteiger partial charge in [-0.2, -0.15) is 5.10 Å². The highest BCUT2D eigenvalue weighted by atomic mass is 15.3. The molecule has 2 aromatic rings. The monoisotopic (exact) mass is 269 g/mol. The lowest BCUT2D eigenvalue weighted by molar-refractivity contribution is 0.412. The van der Waals surface area contributed by atoms with Crippen LogP contribution in [0.15, 0.2) is 42.7 Å². The lowest BCUT2D eigenvalue weighted by Crippen LogP contribution is -2.25. The standard InChI is InChI=1S/C17H23N3/c1-2-20-13-17(12-18-20)19-16-10-8-15(9-11-16)14-6-4-3-5-7-14/h3-7,12-13,15-16,19H,2,8-11H2,1H3. The van der Waals surface area contributed by atoms with E-state index in [4.69, 9.17) is 0 Å². The fraction of sp³-hybridized carbons (Fsp3) is 0.471. The molecule has 0 unspecified atom stereocenters. The van der Waals surface area contributed by atoms with Crippen molar-refractivity contribution in [3.05, 3.63) is 48.3 Å². The van der Waals surface area contributed by atoms with Gasteiger partial charge in [0.05, 0.1) is 11.9 Å². The SMILES string of the molecule is CCn1cc(NC2CCC(c3ccccc3)CC2)cn1. The molecule has 1 aliphatic carbocycles. The number of aryl methyl sites for hydroxylation is 1. The van der Waals surface area contributed by atoms with E-state index in [1.807, 2.05) is 10.9 Å². The van der Waals surface area contributed by atoms with Gasteiger partial charge < -0.3 is 5.32 Å². The van der Waals surface area contributed by atoms with Gasteiger partial charge in [0.15, 0.2) is 0 Å². The Kier molecular flexibility index (Phi) is 4.05. The van der Waals surface area contributed by atoms with Crippen LogP contribution in [-0.4, -0.2) is 15.8 Å². The fourth-order valence-electron chi connectivity index (χ4n) is 3.14. The van der Waals surface area contributed by atoms with Crippen molar-refractivity contribution in [3.8, 4) is 0 Å². The minimum atomic E-state index is 0.601. The van der Waals surface area contributed by atoms with E-state index in [2.05, 4.69) is 53.9 Å². The van der Waals surface area contributed by atoms with Crippen LogP contribution in [0, 0.1) is 0 Å². The maximum absolute atomic E-state index is 4.32. The van der Waals surface area contributed by atoms with E-state index < -0.39 is 0 Å². The van der Waals surface area contributed by atoms with Crippen LogP contribution in [0.2, 0.25) is 0 Å². The van der Waals surface area contributed by atoms with Crippen molar-refractivity contribution in [2.75, 3.05) is 5.32 Å². The van der Waals surface area contributed by atoms with Crippen LogP contribution in [-0.2, 0) is 6.54 Å². The molecule has 0 aliphatic heterocycles. The second-order valence-electron chi connectivity index (χ2n) is 5.69. The van der Waals surface area contributed by atoms with Gasteiger partial charge in [0, 0.05) is 18.8 Å². The van der Waals surface area contributed by atoms with E-state index in [1.54, 1.807) is 0 Å². The molecule has 3 heteroatoms. The summed E-state index contributed by atoms with van der Waals surface area (Å²) in [6.07, 6.45) is 9.09. The quantitative estimate of drug-likeness (QED) is 0.907. The highest BCUT2D eigenvalue weighted by Gasteiger charge is 2.22. The first kappa shape index (κ1) is 13.2. The van der Waals surface area contributed by atoms with Crippen molar-refractivity contribution in [1.82, 2.24) is 9.78 Å². The normalized spacial score (nSPS) is 22.6. The van der Waals surface area contributed by atoms with Gasteiger partial charge >= 0.3 is 0 Å². The van der Waals surface area contributed by atoms with Crippen molar-refractivity contribution in [2.24, 2.45) is 0 Å². The summed E-state index contributed by atoms with van der Waals surface area (Å²) in [6, 6.07) is 11.5. The van der Waals surface area contributed by atoms with E-state index in [1.165, 1.54) is 31.2 Å². The van der Waals surface area contributed by atoms with Crippen LogP contribution >= 0.6 is 0 Å². The zero-order valence-electron chi connectivity index (χ0n) is 12.1. The largest absolute Gasteiger partial charge is 0.380 e. The first-order valence-electron chi connectivity index (χ1n) is 7.69. The molecule has 1 saturated carbocycles. The minimum Gasteiger partial charge on any atom is -0.380 e. The van der Waals surface area contributed by atoms with Gasteiger partial charge in [-0.1, -0.05) is 30.3 Å². The molecule has 1 fully saturated rings. The summed E-state index contributed by atoms with van der Waals surface area (Å²) in [5.74, 6) is 0.743. The number of rotatable bonds is 4. The van der Waals surface area contributed by atoms with E-state index >= 15 is 0 Å². The zero-order valence-corrected chi connectivity index (χ0v) is 12.1. The molecule has 1 aromatic heterocycles. The summed E-state index contributed by atoms with van der Waals surface area (Å²) in [4.78, 5) is 0. The van der Waals surface area contributed by atoms with Crippen molar-refractivity contribution in [3.63, 3.8) is 0 Å². The smallest absolute Gasteiger partial charge is 0.0728 e. The summed E-state index contributed by atoms with van der Waals surface area (Å²) in [7, 11) is 0. The first-order valence-corrected chi connectivity index (χ1v) is 7.69. The predicted octanol–water partition coefficient (Wildman–Crippen LogP) is 4.04. The van der Waals surface area contributed by atoms with Gasteiger partial charge in [-0.25, -0.2) is 0 Å². The van der Waals surface area contributed by atoms with Gasteiger partial charge in [-0.05, 0) is 44.1 Å². The van der Waals surface area contributed by atoms with Gasteiger partial charge in [0.25, 0.3) is 0 Å². The van der Waals surface area contributed by atoms with Crippen molar-refractivity contribution < 1.29 is 0 Å². The van der Waals surface area contributed by atoms with Gasteiger partial charge in [0.1, 0.15) is 0 Å². The lowest BCUT2D eigenvalue weighted by Gasteiger charge is -2.29. The first-order chi connectivity index (χ1) is 9.85. The Balaban J connectivity index is 1.53. The molecular formula is C17H23N3. The summed E-state index contributed by atoms with van der Waals surface area (Å²) in [6.45, 7) is 3.05. The third-order valence-electron chi connectivity index (χ3n) is 4.33. The van der Waals surface area contributed by atoms with E-state index in [0.29, 0.717) is 6.04 Å². The number of hydrogen-bond acceptors (Lipinski definition) is 2. The fourth-order valence-corrected chi connectivity index (χ4v) is 3.14. The summed E-state index contributed by atoms with van der Waals surface area (Å²) < 4.78 is 1.97. The van der Waals surface area contributed by atoms with Crippen LogP contribution in [0.5, 0.6) is 0 Å². The second-order valence-corrected chi connectivity index (χ2v) is 5.69. The highest BCUT2D eigenvalue weighted by molar-refractivity contribution is 5.39. The van der Waals surface area contributed by atoms with Crippen molar-refractivity contribution in [2.45, 2.75) is 51.1 Å². The molecule has 3 nitrogen and oxygen atoms in total. The summed E-state index contributed by atoms with van der Waals surface area (Å²) in [5, 5.41) is 7.94. The number of hydrogen-bond donors (Lipinski definition) is 1. The number of nitrogens with zero attached hydrogens (tertiary/aromatic N) is 2. The summed E-state index contributed by atoms with van der Waals surface area (Å²) >= 11 is 0. The molecule has 0 saturated heterocycles. The van der Waals surface area contributed by atoms with E-state index in [-0.39, 0.29) is 0 Å². The minimum absolute atomic E-state index is 0.601. The predicted molar refractivity (Wildman–Crippen MR) is 83.0 cm³/mol. The van der Waals surface area contributed by atoms with Gasteiger partial charge in [0.2, 0.25) is 0 Å². The Morgan fingerprint density at radius 2 is 1.90 bits per heavy atom. The lowest BCUT2D eigenvalue weighted by atomic mass is 9.82. The Labute approximate surface area is 121 Å². The molecule has 0 radical (unpaired) electrons. The number of aromatic nitrogens is 2. The number of benzene rings is 1. The van der Waals surface area contributed by atoms with E-state index in [9.17, 15) is 0 Å². The average molecular weight is 269 g/mol. The summed E-state index contributed by atoms with van der Waals surface area (Å²) in [5.41, 5.74) is 2.67. The topological polar surface area (TPSA) is 29.9 Å². The maximum atomic E-state index is 4.32. The zero-order chi connectivity index (χ0) is 13.8. The number of anilines is 1. The van der Waals surface area contributed by atoms with E-state index in [0.717, 1.165) is 18.2 Å². The average Bonchev–Trinajstić information content (AvgIpc) is 2.97. The molecule has 0 amide bonds. The second kappa shape index (κ2) is 6.12. The Morgan fingerprint density at radius 3 is 2.55 bits per heavy atom. The van der Waals surface area contributed by atoms with Crippen LogP contribution in [0.25, 0.3) is 0 Å². The highest BCUT2D eigenvalue weighted by Crippen LogP contribution is 2.33. The van der Waals surface area contributed by atoms with Crippen LogP contribution in [0.1, 0.15) is 44.1 Å². The van der Waals surface area contributed by atoms with Crippen molar-refractivity contribution >= 4 is 5.69 Å². The molecule has 0 spiro atoms. The van der Waals surface area contributed by atoms with Crippen LogP contribution < -0.4 is 5.32 Å². The Hall–Kier alpha value is -1.77. The molecule has 1 heterocycles. The molecule has 1 N–H and O–H groups in total. The molecule has 20 heavy (non-hydrogen) atoms. The molecular weight excluding hydrogens is 246 g/mol. The molecule has 0 bridgehead atoms. The Morgan fingerprint density at radius 1 is 1.15 bits per heavy atom. The molecule has 3 rings (SSSR count). The van der Waals surface area contributed by atoms with Crippen LogP contribution in [0.4, 0.5) is 5.69 Å². The van der Waals surface area contributed by atoms with Gasteiger partial charge in [-0.15, -0.1) is 0 Å². The van der Waals surface area contributed by atoms with Crippen molar-refractivity contribution in [1.29, 1.82) is 0 Å². The third-order valence-corrected chi connectivity index (χ3v) is 4.33. The molecule has 1 aliphatic rings. The maximum Gasteiger partial charge on any atom is 0.0728 e. The molecule has 0 atom stereocenters. The molecule has 1 aromatic carbocycles.